The fourth-order valence-corrected chi connectivity index (χ4v) is 1.14. The topological polar surface area (TPSA) is 21.3 Å². The Hall–Kier alpha value is -0.0800. The smallest absolute Gasteiger partial charge is 0.0488 e. The molecule has 1 N–H and O–H groups in total. The average molecular weight is 201 g/mol. The third-order valence-electron chi connectivity index (χ3n) is 2.08. The van der Waals surface area contributed by atoms with Crippen LogP contribution in [0, 0.1) is 11.8 Å². The average Bonchev–Trinajstić information content (AvgIpc) is 2.08. The minimum atomic E-state index is 0.592. The first-order valence-corrected chi connectivity index (χ1v) is 5.83. The molecule has 2 heteroatoms. The van der Waals surface area contributed by atoms with Gasteiger partial charge in [0, 0.05) is 19.3 Å². The normalized spacial score (nSPS) is 13.9. The number of rotatable bonds is 8. The predicted molar refractivity (Wildman–Crippen MR) is 62.6 cm³/mol. The molecule has 0 radical (unpaired) electrons. The summed E-state index contributed by atoms with van der Waals surface area (Å²) in [6.45, 7) is 13.9. The molecule has 0 aromatic heterocycles. The van der Waals surface area contributed by atoms with E-state index in [0.717, 1.165) is 26.2 Å². The molecule has 0 aliphatic heterocycles. The number of hydrogen-bond donors (Lipinski definition) is 1. The largest absolute Gasteiger partial charge is 0.381 e. The van der Waals surface area contributed by atoms with E-state index in [1.165, 1.54) is 0 Å². The van der Waals surface area contributed by atoms with Gasteiger partial charge in [0.15, 0.2) is 0 Å². The number of nitrogens with one attached hydrogen (secondary N) is 1. The summed E-state index contributed by atoms with van der Waals surface area (Å²) in [6.07, 6.45) is 1.16. The summed E-state index contributed by atoms with van der Waals surface area (Å²) in [7, 11) is 0. The van der Waals surface area contributed by atoms with Gasteiger partial charge in [0.2, 0.25) is 0 Å². The van der Waals surface area contributed by atoms with Crippen LogP contribution in [0.15, 0.2) is 0 Å². The molecular formula is C12H27NO. The molecule has 0 aliphatic carbocycles. The fraction of sp³-hybridized carbons (Fsp3) is 1.00. The molecule has 2 nitrogen and oxygen atoms in total. The highest BCUT2D eigenvalue weighted by Gasteiger charge is 2.03. The minimum Gasteiger partial charge on any atom is -0.381 e. The maximum absolute atomic E-state index is 5.54. The van der Waals surface area contributed by atoms with E-state index >= 15 is 0 Å². The van der Waals surface area contributed by atoms with E-state index in [2.05, 4.69) is 39.9 Å². The van der Waals surface area contributed by atoms with Crippen molar-refractivity contribution in [2.24, 2.45) is 11.8 Å². The van der Waals surface area contributed by atoms with E-state index in [9.17, 15) is 0 Å². The Balaban J connectivity index is 3.22. The summed E-state index contributed by atoms with van der Waals surface area (Å²) in [5, 5.41) is 3.44. The lowest BCUT2D eigenvalue weighted by atomic mass is 10.1. The van der Waals surface area contributed by atoms with Gasteiger partial charge in [-0.2, -0.15) is 0 Å². The van der Waals surface area contributed by atoms with Crippen molar-refractivity contribution in [3.63, 3.8) is 0 Å². The maximum atomic E-state index is 5.54. The fourth-order valence-electron chi connectivity index (χ4n) is 1.14. The van der Waals surface area contributed by atoms with Gasteiger partial charge in [0.25, 0.3) is 0 Å². The highest BCUT2D eigenvalue weighted by atomic mass is 16.5. The third kappa shape index (κ3) is 10.0. The third-order valence-corrected chi connectivity index (χ3v) is 2.08. The van der Waals surface area contributed by atoms with Crippen molar-refractivity contribution in [2.45, 2.75) is 47.1 Å². The Bertz CT molecular complexity index is 123. The van der Waals surface area contributed by atoms with E-state index in [1.807, 2.05) is 0 Å². The van der Waals surface area contributed by atoms with Crippen molar-refractivity contribution >= 4 is 0 Å². The zero-order valence-corrected chi connectivity index (χ0v) is 10.5. The van der Waals surface area contributed by atoms with Crippen LogP contribution in [0.2, 0.25) is 0 Å². The second-order valence-corrected chi connectivity index (χ2v) is 4.93. The van der Waals surface area contributed by atoms with Crippen LogP contribution in [-0.2, 0) is 4.74 Å². The van der Waals surface area contributed by atoms with Crippen LogP contribution < -0.4 is 5.32 Å². The maximum Gasteiger partial charge on any atom is 0.0488 e. The van der Waals surface area contributed by atoms with E-state index in [4.69, 9.17) is 4.74 Å². The molecular weight excluding hydrogens is 174 g/mol. The lowest BCUT2D eigenvalue weighted by Crippen LogP contribution is -2.28. The summed E-state index contributed by atoms with van der Waals surface area (Å²) in [6, 6.07) is 0.592. The first kappa shape index (κ1) is 13.9. The molecule has 0 heterocycles. The quantitative estimate of drug-likeness (QED) is 0.610. The van der Waals surface area contributed by atoms with Crippen molar-refractivity contribution in [1.82, 2.24) is 5.32 Å². The molecule has 0 spiro atoms. The van der Waals surface area contributed by atoms with Gasteiger partial charge in [0.05, 0.1) is 0 Å². The van der Waals surface area contributed by atoms with E-state index in [1.54, 1.807) is 0 Å². The summed E-state index contributed by atoms with van der Waals surface area (Å²) in [4.78, 5) is 0. The zero-order valence-electron chi connectivity index (χ0n) is 10.5. The van der Waals surface area contributed by atoms with Crippen LogP contribution in [0.3, 0.4) is 0 Å². The molecule has 0 rings (SSSR count). The van der Waals surface area contributed by atoms with Crippen molar-refractivity contribution in [3.05, 3.63) is 0 Å². The molecule has 0 aromatic rings. The van der Waals surface area contributed by atoms with Gasteiger partial charge in [-0.1, -0.05) is 34.6 Å². The summed E-state index contributed by atoms with van der Waals surface area (Å²) in [5.41, 5.74) is 0. The Labute approximate surface area is 89.4 Å². The van der Waals surface area contributed by atoms with Gasteiger partial charge in [-0.25, -0.2) is 0 Å². The van der Waals surface area contributed by atoms with Gasteiger partial charge in [-0.05, 0) is 24.8 Å². The Morgan fingerprint density at radius 3 is 2.21 bits per heavy atom. The zero-order chi connectivity index (χ0) is 11.0. The molecule has 0 amide bonds. The molecule has 0 aromatic carbocycles. The van der Waals surface area contributed by atoms with Gasteiger partial charge < -0.3 is 10.1 Å². The van der Waals surface area contributed by atoms with Crippen LogP contribution in [-0.4, -0.2) is 25.8 Å². The number of hydrogen-bond acceptors (Lipinski definition) is 2. The van der Waals surface area contributed by atoms with Crippen molar-refractivity contribution < 1.29 is 4.74 Å². The molecule has 1 atom stereocenters. The van der Waals surface area contributed by atoms with Crippen molar-refractivity contribution in [1.29, 1.82) is 0 Å². The Morgan fingerprint density at radius 2 is 1.71 bits per heavy atom. The molecule has 86 valence electrons. The molecule has 0 bridgehead atoms. The van der Waals surface area contributed by atoms with Gasteiger partial charge in [0.1, 0.15) is 0 Å². The molecule has 0 aliphatic rings. The van der Waals surface area contributed by atoms with Crippen LogP contribution >= 0.6 is 0 Å². The number of ether oxygens (including phenoxy) is 1. The first-order chi connectivity index (χ1) is 6.52. The van der Waals surface area contributed by atoms with Crippen molar-refractivity contribution in [3.8, 4) is 0 Å². The van der Waals surface area contributed by atoms with Crippen molar-refractivity contribution in [2.75, 3.05) is 19.8 Å². The molecule has 0 saturated heterocycles. The Kier molecular flexibility index (Phi) is 8.20. The second-order valence-electron chi connectivity index (χ2n) is 4.93. The molecule has 0 fully saturated rings. The van der Waals surface area contributed by atoms with Gasteiger partial charge in [-0.3, -0.25) is 0 Å². The van der Waals surface area contributed by atoms with Gasteiger partial charge >= 0.3 is 0 Å². The highest BCUT2D eigenvalue weighted by molar-refractivity contribution is 4.59. The molecule has 0 saturated carbocycles. The summed E-state index contributed by atoms with van der Waals surface area (Å²) >= 11 is 0. The minimum absolute atomic E-state index is 0.592. The van der Waals surface area contributed by atoms with Crippen LogP contribution in [0.5, 0.6) is 0 Å². The highest BCUT2D eigenvalue weighted by Crippen LogP contribution is 2.02. The molecule has 14 heavy (non-hydrogen) atoms. The van der Waals surface area contributed by atoms with Crippen LogP contribution in [0.1, 0.15) is 41.0 Å². The van der Waals surface area contributed by atoms with Gasteiger partial charge in [-0.15, -0.1) is 0 Å². The monoisotopic (exact) mass is 201 g/mol. The predicted octanol–water partition coefficient (Wildman–Crippen LogP) is 2.68. The van der Waals surface area contributed by atoms with Crippen LogP contribution in [0.4, 0.5) is 0 Å². The first-order valence-electron chi connectivity index (χ1n) is 5.83. The lowest BCUT2D eigenvalue weighted by Gasteiger charge is -2.15. The van der Waals surface area contributed by atoms with E-state index < -0.39 is 0 Å². The van der Waals surface area contributed by atoms with E-state index in [0.29, 0.717) is 17.9 Å². The summed E-state index contributed by atoms with van der Waals surface area (Å²) in [5.74, 6) is 1.36. The second kappa shape index (κ2) is 8.25. The molecule has 1 unspecified atom stereocenters. The summed E-state index contributed by atoms with van der Waals surface area (Å²) < 4.78 is 5.54. The van der Waals surface area contributed by atoms with E-state index in [-0.39, 0.29) is 0 Å². The Morgan fingerprint density at radius 1 is 1.07 bits per heavy atom. The lowest BCUT2D eigenvalue weighted by molar-refractivity contribution is 0.0991. The SMILES string of the molecule is CC(C)COCCC(C)CNC(C)C. The standard InChI is InChI=1S/C12H27NO/c1-10(2)9-14-7-6-12(5)8-13-11(3)4/h10-13H,6-9H2,1-5H3. The van der Waals surface area contributed by atoms with Crippen LogP contribution in [0.25, 0.3) is 0 Å².